The molecule has 1 aliphatic carbocycles. The third-order valence-electron chi connectivity index (χ3n) is 3.83. The number of alkyl halides is 6. The van der Waals surface area contributed by atoms with Crippen molar-refractivity contribution in [3.05, 3.63) is 41.6 Å². The van der Waals surface area contributed by atoms with E-state index in [0.717, 1.165) is 6.08 Å². The molecule has 1 N–H and O–H groups in total. The van der Waals surface area contributed by atoms with Gasteiger partial charge in [0.05, 0.1) is 0 Å². The van der Waals surface area contributed by atoms with E-state index in [0.29, 0.717) is 16.5 Å². The van der Waals surface area contributed by atoms with Crippen molar-refractivity contribution >= 4 is 17.0 Å². The number of fused-ring (bicyclic) bond motifs is 3. The van der Waals surface area contributed by atoms with Crippen molar-refractivity contribution in [3.63, 3.8) is 0 Å². The maximum atomic E-state index is 13.1. The summed E-state index contributed by atoms with van der Waals surface area (Å²) in [5, 5.41) is 0.613. The number of para-hydroxylation sites is 1. The Morgan fingerprint density at radius 1 is 0.952 bits per heavy atom. The number of benzene rings is 1. The van der Waals surface area contributed by atoms with Crippen molar-refractivity contribution < 1.29 is 26.3 Å². The fourth-order valence-corrected chi connectivity index (χ4v) is 2.66. The first-order valence-electron chi connectivity index (χ1n) is 6.08. The van der Waals surface area contributed by atoms with E-state index < -0.39 is 24.2 Å². The number of aromatic amines is 1. The normalized spacial score (nSPS) is 18.0. The Balaban J connectivity index is 2.20. The van der Waals surface area contributed by atoms with Gasteiger partial charge < -0.3 is 4.98 Å². The Kier molecular flexibility index (Phi) is 2.71. The summed E-state index contributed by atoms with van der Waals surface area (Å²) in [4.78, 5) is 2.66. The van der Waals surface area contributed by atoms with Gasteiger partial charge in [-0.1, -0.05) is 30.4 Å². The first kappa shape index (κ1) is 14.0. The van der Waals surface area contributed by atoms with Gasteiger partial charge in [-0.25, -0.2) is 0 Å². The molecule has 0 spiro atoms. The molecule has 0 unspecified atom stereocenters. The van der Waals surface area contributed by atoms with Crippen LogP contribution < -0.4 is 0 Å². The molecule has 0 saturated carbocycles. The van der Waals surface area contributed by atoms with Crippen LogP contribution in [-0.4, -0.2) is 17.3 Å². The Morgan fingerprint density at radius 3 is 2.19 bits per heavy atom. The molecular formula is C14H9F6N. The number of allylic oxidation sites excluding steroid dienone is 1. The quantitative estimate of drug-likeness (QED) is 0.670. The minimum Gasteiger partial charge on any atom is -0.358 e. The Bertz CT molecular complexity index is 705. The van der Waals surface area contributed by atoms with E-state index in [4.69, 9.17) is 0 Å². The van der Waals surface area contributed by atoms with Crippen LogP contribution in [0.5, 0.6) is 0 Å². The second-order valence-electron chi connectivity index (χ2n) is 5.04. The van der Waals surface area contributed by atoms with Gasteiger partial charge in [0.1, 0.15) is 0 Å². The lowest BCUT2D eigenvalue weighted by molar-refractivity contribution is -0.321. The molecule has 21 heavy (non-hydrogen) atoms. The van der Waals surface area contributed by atoms with Crippen LogP contribution >= 0.6 is 0 Å². The van der Waals surface area contributed by atoms with E-state index in [1.54, 1.807) is 24.3 Å². The highest BCUT2D eigenvalue weighted by Gasteiger charge is 2.69. The molecule has 0 amide bonds. The number of nitrogens with one attached hydrogen (secondary N) is 1. The molecule has 0 aliphatic heterocycles. The molecule has 0 fully saturated rings. The standard InChI is InChI=1S/C14H9F6N/c15-13(16,17)12(14(18,19)20)6-5-9-8-3-1-2-4-10(8)21-11(9)7-12/h1-6,21H,7H2. The third-order valence-corrected chi connectivity index (χ3v) is 3.83. The van der Waals surface area contributed by atoms with Crippen molar-refractivity contribution in [1.29, 1.82) is 0 Å². The zero-order chi connectivity index (χ0) is 15.5. The maximum absolute atomic E-state index is 13.1. The summed E-state index contributed by atoms with van der Waals surface area (Å²) in [5.41, 5.74) is -2.98. The van der Waals surface area contributed by atoms with Crippen LogP contribution in [0.4, 0.5) is 26.3 Å². The molecule has 1 aromatic heterocycles. The summed E-state index contributed by atoms with van der Waals surface area (Å²) < 4.78 is 78.3. The van der Waals surface area contributed by atoms with Gasteiger partial charge in [0, 0.05) is 28.6 Å². The average Bonchev–Trinajstić information content (AvgIpc) is 2.73. The number of halogens is 6. The maximum Gasteiger partial charge on any atom is 0.406 e. The van der Waals surface area contributed by atoms with Gasteiger partial charge in [0.2, 0.25) is 0 Å². The van der Waals surface area contributed by atoms with E-state index in [1.165, 1.54) is 0 Å². The van der Waals surface area contributed by atoms with Gasteiger partial charge in [0.25, 0.3) is 0 Å². The SMILES string of the molecule is FC(F)(F)C1(C(F)(F)F)C=Cc2c([nH]c3ccccc23)C1. The first-order chi connectivity index (χ1) is 9.66. The predicted octanol–water partition coefficient (Wildman–Crippen LogP) is 4.85. The highest BCUT2D eigenvalue weighted by Crippen LogP contribution is 2.55. The molecule has 112 valence electrons. The van der Waals surface area contributed by atoms with Crippen molar-refractivity contribution in [2.24, 2.45) is 5.41 Å². The fraction of sp³-hybridized carbons (Fsp3) is 0.286. The zero-order valence-corrected chi connectivity index (χ0v) is 10.4. The van der Waals surface area contributed by atoms with Gasteiger partial charge in [-0.2, -0.15) is 26.3 Å². The molecule has 2 aromatic rings. The Hall–Kier alpha value is -1.92. The number of H-pyrrole nitrogens is 1. The molecule has 1 aromatic carbocycles. The van der Waals surface area contributed by atoms with Gasteiger partial charge in [-0.3, -0.25) is 0 Å². The number of rotatable bonds is 0. The highest BCUT2D eigenvalue weighted by atomic mass is 19.4. The van der Waals surface area contributed by atoms with E-state index >= 15 is 0 Å². The molecule has 0 atom stereocenters. The predicted molar refractivity (Wildman–Crippen MR) is 65.6 cm³/mol. The van der Waals surface area contributed by atoms with Crippen molar-refractivity contribution in [3.8, 4) is 0 Å². The molecule has 1 heterocycles. The second kappa shape index (κ2) is 4.05. The van der Waals surface area contributed by atoms with Crippen molar-refractivity contribution in [2.75, 3.05) is 0 Å². The molecule has 3 rings (SSSR count). The van der Waals surface area contributed by atoms with Crippen molar-refractivity contribution in [1.82, 2.24) is 4.98 Å². The lowest BCUT2D eigenvalue weighted by Crippen LogP contribution is -2.51. The molecule has 1 aliphatic rings. The molecule has 0 bridgehead atoms. The van der Waals surface area contributed by atoms with Crippen LogP contribution in [0, 0.1) is 5.41 Å². The zero-order valence-electron chi connectivity index (χ0n) is 10.4. The summed E-state index contributed by atoms with van der Waals surface area (Å²) in [7, 11) is 0. The minimum atomic E-state index is -5.41. The lowest BCUT2D eigenvalue weighted by Gasteiger charge is -2.36. The van der Waals surface area contributed by atoms with Gasteiger partial charge >= 0.3 is 12.4 Å². The largest absolute Gasteiger partial charge is 0.406 e. The van der Waals surface area contributed by atoms with E-state index in [9.17, 15) is 26.3 Å². The average molecular weight is 305 g/mol. The van der Waals surface area contributed by atoms with Gasteiger partial charge in [-0.05, 0) is 6.07 Å². The van der Waals surface area contributed by atoms with Gasteiger partial charge in [-0.15, -0.1) is 0 Å². The number of aromatic nitrogens is 1. The first-order valence-corrected chi connectivity index (χ1v) is 6.08. The lowest BCUT2D eigenvalue weighted by atomic mass is 9.77. The molecule has 0 saturated heterocycles. The summed E-state index contributed by atoms with van der Waals surface area (Å²) in [6.07, 6.45) is -10.8. The van der Waals surface area contributed by atoms with E-state index in [2.05, 4.69) is 4.98 Å². The topological polar surface area (TPSA) is 15.8 Å². The monoisotopic (exact) mass is 305 g/mol. The van der Waals surface area contributed by atoms with Crippen molar-refractivity contribution in [2.45, 2.75) is 18.8 Å². The Morgan fingerprint density at radius 2 is 1.57 bits per heavy atom. The van der Waals surface area contributed by atoms with E-state index in [-0.39, 0.29) is 11.8 Å². The fourth-order valence-electron chi connectivity index (χ4n) is 2.66. The van der Waals surface area contributed by atoms with Gasteiger partial charge in [0.15, 0.2) is 5.41 Å². The van der Waals surface area contributed by atoms with Crippen LogP contribution in [0.2, 0.25) is 0 Å². The van der Waals surface area contributed by atoms with Crippen LogP contribution in [0.15, 0.2) is 30.3 Å². The summed E-state index contributed by atoms with van der Waals surface area (Å²) in [6, 6.07) is 6.61. The summed E-state index contributed by atoms with van der Waals surface area (Å²) >= 11 is 0. The van der Waals surface area contributed by atoms with E-state index in [1.807, 2.05) is 0 Å². The highest BCUT2D eigenvalue weighted by molar-refractivity contribution is 5.91. The van der Waals surface area contributed by atoms with Crippen LogP contribution in [0.3, 0.4) is 0 Å². The smallest absolute Gasteiger partial charge is 0.358 e. The summed E-state index contributed by atoms with van der Waals surface area (Å²) in [6.45, 7) is 0. The molecule has 1 nitrogen and oxygen atoms in total. The molecule has 0 radical (unpaired) electrons. The second-order valence-corrected chi connectivity index (χ2v) is 5.04. The third kappa shape index (κ3) is 1.86. The van der Waals surface area contributed by atoms with Crippen LogP contribution in [0.1, 0.15) is 11.3 Å². The Labute approximate surface area is 115 Å². The molecule has 7 heteroatoms. The van der Waals surface area contributed by atoms with Crippen LogP contribution in [0.25, 0.3) is 17.0 Å². The summed E-state index contributed by atoms with van der Waals surface area (Å²) in [5.74, 6) is 0. The minimum absolute atomic E-state index is 0.0478. The van der Waals surface area contributed by atoms with Crippen LogP contribution in [-0.2, 0) is 6.42 Å². The molecular weight excluding hydrogens is 296 g/mol. The number of hydrogen-bond acceptors (Lipinski definition) is 0. The number of hydrogen-bond donors (Lipinski definition) is 1.